The molecule has 0 radical (unpaired) electrons. The summed E-state index contributed by atoms with van der Waals surface area (Å²) in [4.78, 5) is 22.4. The highest BCUT2D eigenvalue weighted by molar-refractivity contribution is 5.93. The molecule has 0 fully saturated rings. The van der Waals surface area contributed by atoms with Gasteiger partial charge in [0.25, 0.3) is 0 Å². The van der Waals surface area contributed by atoms with Crippen LogP contribution in [0.3, 0.4) is 0 Å². The number of benzene rings is 1. The number of urea groups is 1. The van der Waals surface area contributed by atoms with E-state index in [9.17, 15) is 14.0 Å². The van der Waals surface area contributed by atoms with Crippen LogP contribution < -0.4 is 10.6 Å². The topological polar surface area (TPSA) is 78.4 Å². The Labute approximate surface area is 110 Å². The molecule has 0 bridgehead atoms. The number of hydrogen-bond donors (Lipinski definition) is 3. The lowest BCUT2D eigenvalue weighted by Gasteiger charge is -2.17. The van der Waals surface area contributed by atoms with Gasteiger partial charge >= 0.3 is 12.0 Å². The van der Waals surface area contributed by atoms with E-state index >= 15 is 0 Å². The third kappa shape index (κ3) is 4.24. The van der Waals surface area contributed by atoms with Gasteiger partial charge in [-0.25, -0.2) is 14.0 Å². The average Bonchev–Trinajstić information content (AvgIpc) is 2.30. The van der Waals surface area contributed by atoms with E-state index in [4.69, 9.17) is 5.11 Å². The zero-order chi connectivity index (χ0) is 14.6. The Hall–Kier alpha value is -2.11. The lowest BCUT2D eigenvalue weighted by molar-refractivity contribution is 0.0692. The van der Waals surface area contributed by atoms with Crippen molar-refractivity contribution in [3.63, 3.8) is 0 Å². The van der Waals surface area contributed by atoms with Crippen molar-refractivity contribution in [3.05, 3.63) is 29.6 Å². The lowest BCUT2D eigenvalue weighted by atomic mass is 10.1. The van der Waals surface area contributed by atoms with E-state index in [1.165, 1.54) is 6.07 Å². The molecule has 0 spiro atoms. The Morgan fingerprint density at radius 3 is 2.42 bits per heavy atom. The predicted octanol–water partition coefficient (Wildman–Crippen LogP) is 2.69. The van der Waals surface area contributed by atoms with Crippen molar-refractivity contribution in [1.82, 2.24) is 5.32 Å². The molecule has 0 aromatic heterocycles. The van der Waals surface area contributed by atoms with Gasteiger partial charge in [-0.15, -0.1) is 0 Å². The van der Waals surface area contributed by atoms with Crippen LogP contribution in [0.1, 0.15) is 31.1 Å². The Kier molecular flexibility index (Phi) is 4.86. The second kappa shape index (κ2) is 6.17. The van der Waals surface area contributed by atoms with Crippen molar-refractivity contribution in [2.24, 2.45) is 5.92 Å². The number of halogens is 1. The maximum atomic E-state index is 13.2. The normalized spacial score (nSPS) is 12.1. The fourth-order valence-corrected chi connectivity index (χ4v) is 1.31. The van der Waals surface area contributed by atoms with E-state index in [1.54, 1.807) is 0 Å². The number of aromatic carboxylic acids is 1. The van der Waals surface area contributed by atoms with E-state index in [1.807, 2.05) is 20.8 Å². The molecule has 0 heterocycles. The Morgan fingerprint density at radius 1 is 1.26 bits per heavy atom. The number of carboxylic acid groups (broad SMARTS) is 1. The number of rotatable bonds is 4. The summed E-state index contributed by atoms with van der Waals surface area (Å²) in [5.41, 5.74) is -0.248. The van der Waals surface area contributed by atoms with Crippen LogP contribution in [-0.4, -0.2) is 23.1 Å². The van der Waals surface area contributed by atoms with Crippen LogP contribution in [0.4, 0.5) is 14.9 Å². The van der Waals surface area contributed by atoms with Crippen LogP contribution in [0.15, 0.2) is 18.2 Å². The predicted molar refractivity (Wildman–Crippen MR) is 69.8 cm³/mol. The zero-order valence-electron chi connectivity index (χ0n) is 11.0. The van der Waals surface area contributed by atoms with Gasteiger partial charge in [0.05, 0.1) is 5.56 Å². The second-order valence-corrected chi connectivity index (χ2v) is 4.63. The average molecular weight is 268 g/mol. The summed E-state index contributed by atoms with van der Waals surface area (Å²) in [6.45, 7) is 5.79. The van der Waals surface area contributed by atoms with Gasteiger partial charge in [-0.05, 0) is 31.0 Å². The van der Waals surface area contributed by atoms with Gasteiger partial charge < -0.3 is 15.7 Å². The minimum Gasteiger partial charge on any atom is -0.478 e. The van der Waals surface area contributed by atoms with Crippen LogP contribution in [0.25, 0.3) is 0 Å². The zero-order valence-corrected chi connectivity index (χ0v) is 11.0. The first kappa shape index (κ1) is 14.9. The maximum absolute atomic E-state index is 13.2. The molecule has 0 saturated carbocycles. The summed E-state index contributed by atoms with van der Waals surface area (Å²) in [7, 11) is 0. The van der Waals surface area contributed by atoms with Crippen molar-refractivity contribution in [3.8, 4) is 0 Å². The lowest BCUT2D eigenvalue weighted by Crippen LogP contribution is -2.39. The third-order valence-corrected chi connectivity index (χ3v) is 2.81. The number of carbonyl (C=O) groups is 2. The Balaban J connectivity index is 2.75. The third-order valence-electron chi connectivity index (χ3n) is 2.81. The standard InChI is InChI=1S/C13H17FN2O3/c1-7(2)8(3)15-13(19)16-9-4-5-11(14)10(6-9)12(17)18/h4-8H,1-3H3,(H,17,18)(H2,15,16,19). The molecule has 104 valence electrons. The van der Waals surface area contributed by atoms with E-state index in [-0.39, 0.29) is 17.6 Å². The second-order valence-electron chi connectivity index (χ2n) is 4.63. The van der Waals surface area contributed by atoms with Crippen molar-refractivity contribution in [2.75, 3.05) is 5.32 Å². The Bertz CT molecular complexity index is 489. The van der Waals surface area contributed by atoms with Gasteiger partial charge in [-0.2, -0.15) is 0 Å². The number of hydrogen-bond acceptors (Lipinski definition) is 2. The fraction of sp³-hybridized carbons (Fsp3) is 0.385. The molecular weight excluding hydrogens is 251 g/mol. The molecule has 0 saturated heterocycles. The van der Waals surface area contributed by atoms with Crippen LogP contribution in [0, 0.1) is 11.7 Å². The molecule has 19 heavy (non-hydrogen) atoms. The first-order chi connectivity index (χ1) is 8.81. The fourth-order valence-electron chi connectivity index (χ4n) is 1.31. The molecule has 1 aromatic rings. The summed E-state index contributed by atoms with van der Waals surface area (Å²) in [6.07, 6.45) is 0. The molecule has 2 amide bonds. The van der Waals surface area contributed by atoms with E-state index in [2.05, 4.69) is 10.6 Å². The molecule has 6 heteroatoms. The summed E-state index contributed by atoms with van der Waals surface area (Å²) < 4.78 is 13.2. The highest BCUT2D eigenvalue weighted by Crippen LogP contribution is 2.15. The summed E-state index contributed by atoms with van der Waals surface area (Å²) in [6, 6.07) is 2.91. The highest BCUT2D eigenvalue weighted by Gasteiger charge is 2.14. The van der Waals surface area contributed by atoms with E-state index < -0.39 is 23.4 Å². The van der Waals surface area contributed by atoms with Gasteiger partial charge in [-0.1, -0.05) is 13.8 Å². The molecule has 0 aliphatic heterocycles. The van der Waals surface area contributed by atoms with Gasteiger partial charge in [0, 0.05) is 11.7 Å². The maximum Gasteiger partial charge on any atom is 0.338 e. The first-order valence-corrected chi connectivity index (χ1v) is 5.91. The monoisotopic (exact) mass is 268 g/mol. The smallest absolute Gasteiger partial charge is 0.338 e. The highest BCUT2D eigenvalue weighted by atomic mass is 19.1. The minimum absolute atomic E-state index is 0.0283. The van der Waals surface area contributed by atoms with Gasteiger partial charge in [0.2, 0.25) is 0 Å². The molecule has 1 unspecified atom stereocenters. The van der Waals surface area contributed by atoms with Crippen LogP contribution >= 0.6 is 0 Å². The van der Waals surface area contributed by atoms with Crippen molar-refractivity contribution < 1.29 is 19.1 Å². The molecule has 1 atom stereocenters. The number of nitrogens with one attached hydrogen (secondary N) is 2. The van der Waals surface area contributed by atoms with Crippen molar-refractivity contribution in [1.29, 1.82) is 0 Å². The summed E-state index contributed by atoms with van der Waals surface area (Å²) in [5, 5.41) is 13.9. The molecular formula is C13H17FN2O3. The quantitative estimate of drug-likeness (QED) is 0.785. The van der Waals surface area contributed by atoms with Gasteiger partial charge in [-0.3, -0.25) is 0 Å². The molecule has 0 aliphatic carbocycles. The van der Waals surface area contributed by atoms with Gasteiger partial charge in [0.1, 0.15) is 5.82 Å². The molecule has 1 aromatic carbocycles. The molecule has 5 nitrogen and oxygen atoms in total. The molecule has 3 N–H and O–H groups in total. The van der Waals surface area contributed by atoms with Crippen molar-refractivity contribution >= 4 is 17.7 Å². The number of amides is 2. The first-order valence-electron chi connectivity index (χ1n) is 5.91. The SMILES string of the molecule is CC(C)C(C)NC(=O)Nc1ccc(F)c(C(=O)O)c1. The van der Waals surface area contributed by atoms with E-state index in [0.29, 0.717) is 0 Å². The summed E-state index contributed by atoms with van der Waals surface area (Å²) >= 11 is 0. The van der Waals surface area contributed by atoms with Crippen LogP contribution in [-0.2, 0) is 0 Å². The summed E-state index contributed by atoms with van der Waals surface area (Å²) in [5.74, 6) is -1.94. The molecule has 0 aliphatic rings. The number of anilines is 1. The minimum atomic E-state index is -1.38. The van der Waals surface area contributed by atoms with Gasteiger partial charge in [0.15, 0.2) is 0 Å². The number of carbonyl (C=O) groups excluding carboxylic acids is 1. The van der Waals surface area contributed by atoms with Crippen LogP contribution in [0.2, 0.25) is 0 Å². The Morgan fingerprint density at radius 2 is 1.89 bits per heavy atom. The van der Waals surface area contributed by atoms with E-state index in [0.717, 1.165) is 12.1 Å². The molecule has 1 rings (SSSR count). The van der Waals surface area contributed by atoms with Crippen LogP contribution in [0.5, 0.6) is 0 Å². The number of carboxylic acids is 1. The largest absolute Gasteiger partial charge is 0.478 e. The van der Waals surface area contributed by atoms with Crippen molar-refractivity contribution in [2.45, 2.75) is 26.8 Å².